The first-order valence-electron chi connectivity index (χ1n) is 4.63. The molecule has 0 fully saturated rings. The van der Waals surface area contributed by atoms with Crippen LogP contribution in [-0.4, -0.2) is 17.3 Å². The predicted molar refractivity (Wildman–Crippen MR) is 58.1 cm³/mol. The summed E-state index contributed by atoms with van der Waals surface area (Å²) in [6.07, 6.45) is 0. The lowest BCUT2D eigenvalue weighted by Gasteiger charge is -2.05. The van der Waals surface area contributed by atoms with Crippen molar-refractivity contribution in [2.24, 2.45) is 0 Å². The third-order valence-electron chi connectivity index (χ3n) is 2.30. The molecule has 15 heavy (non-hydrogen) atoms. The van der Waals surface area contributed by atoms with Gasteiger partial charge in [0, 0.05) is 11.6 Å². The third kappa shape index (κ3) is 1.79. The number of aromatic nitrogens is 2. The van der Waals surface area contributed by atoms with Gasteiger partial charge in [-0.25, -0.2) is 0 Å². The van der Waals surface area contributed by atoms with Gasteiger partial charge in [-0.05, 0) is 30.7 Å². The second kappa shape index (κ2) is 3.65. The van der Waals surface area contributed by atoms with E-state index in [1.807, 2.05) is 25.1 Å². The van der Waals surface area contributed by atoms with Crippen molar-refractivity contribution in [2.45, 2.75) is 6.92 Å². The smallest absolute Gasteiger partial charge is 0.264 e. The molecule has 0 radical (unpaired) electrons. The lowest BCUT2D eigenvalue weighted by molar-refractivity contribution is 0.412. The normalized spacial score (nSPS) is 10.3. The Kier molecular flexibility index (Phi) is 2.33. The summed E-state index contributed by atoms with van der Waals surface area (Å²) >= 11 is 0. The summed E-state index contributed by atoms with van der Waals surface area (Å²) in [5.74, 6) is 0.844. The number of hydrogen-bond acceptors (Lipinski definition) is 2. The molecule has 0 spiro atoms. The van der Waals surface area contributed by atoms with Crippen LogP contribution in [0.25, 0.3) is 11.3 Å². The van der Waals surface area contributed by atoms with Crippen molar-refractivity contribution in [2.75, 3.05) is 7.11 Å². The maximum absolute atomic E-state index is 11.0. The first-order chi connectivity index (χ1) is 7.20. The highest BCUT2D eigenvalue weighted by Gasteiger charge is 2.03. The molecule has 0 atom stereocenters. The molecule has 1 aromatic heterocycles. The number of hydrogen-bond donors (Lipinski definition) is 2. The number of rotatable bonds is 2. The fourth-order valence-electron chi connectivity index (χ4n) is 1.53. The molecule has 78 valence electrons. The molecule has 0 aliphatic carbocycles. The summed E-state index contributed by atoms with van der Waals surface area (Å²) in [6, 6.07) is 7.29. The molecule has 0 aliphatic heterocycles. The summed E-state index contributed by atoms with van der Waals surface area (Å²) < 4.78 is 5.16. The van der Waals surface area contributed by atoms with E-state index in [-0.39, 0.29) is 5.56 Å². The fourth-order valence-corrected chi connectivity index (χ4v) is 1.53. The molecule has 0 aliphatic rings. The van der Waals surface area contributed by atoms with E-state index in [4.69, 9.17) is 4.74 Å². The average Bonchev–Trinajstić information content (AvgIpc) is 2.65. The summed E-state index contributed by atoms with van der Waals surface area (Å²) in [5, 5.41) is 5.31. The average molecular weight is 204 g/mol. The zero-order valence-electron chi connectivity index (χ0n) is 8.63. The van der Waals surface area contributed by atoms with Gasteiger partial charge in [0.2, 0.25) is 0 Å². The van der Waals surface area contributed by atoms with Gasteiger partial charge in [-0.3, -0.25) is 15.0 Å². The Morgan fingerprint density at radius 1 is 1.20 bits per heavy atom. The van der Waals surface area contributed by atoms with Gasteiger partial charge in [-0.1, -0.05) is 0 Å². The fraction of sp³-hybridized carbons (Fsp3) is 0.182. The zero-order chi connectivity index (χ0) is 10.8. The van der Waals surface area contributed by atoms with Crippen molar-refractivity contribution in [1.29, 1.82) is 0 Å². The van der Waals surface area contributed by atoms with Crippen LogP contribution in [0.3, 0.4) is 0 Å². The highest BCUT2D eigenvalue weighted by Crippen LogP contribution is 2.23. The van der Waals surface area contributed by atoms with E-state index in [1.54, 1.807) is 7.11 Å². The molecular weight excluding hydrogens is 192 g/mol. The Morgan fingerprint density at radius 3 is 2.53 bits per heavy atom. The van der Waals surface area contributed by atoms with Crippen LogP contribution < -0.4 is 10.3 Å². The molecule has 2 aromatic rings. The Labute approximate surface area is 86.9 Å². The minimum absolute atomic E-state index is 0.126. The predicted octanol–water partition coefficient (Wildman–Crippen LogP) is 1.69. The van der Waals surface area contributed by atoms with E-state index in [1.165, 1.54) is 6.07 Å². The van der Waals surface area contributed by atoms with Gasteiger partial charge in [-0.15, -0.1) is 0 Å². The van der Waals surface area contributed by atoms with Gasteiger partial charge in [0.05, 0.1) is 12.8 Å². The number of nitrogens with one attached hydrogen (secondary N) is 2. The largest absolute Gasteiger partial charge is 0.496 e. The Balaban J connectivity index is 2.46. The highest BCUT2D eigenvalue weighted by atomic mass is 16.5. The van der Waals surface area contributed by atoms with E-state index in [2.05, 4.69) is 10.2 Å². The van der Waals surface area contributed by atoms with Crippen LogP contribution in [-0.2, 0) is 0 Å². The molecule has 1 aromatic carbocycles. The van der Waals surface area contributed by atoms with Crippen LogP contribution in [0.5, 0.6) is 5.75 Å². The first-order valence-corrected chi connectivity index (χ1v) is 4.63. The van der Waals surface area contributed by atoms with E-state index >= 15 is 0 Å². The molecule has 0 unspecified atom stereocenters. The molecule has 4 nitrogen and oxygen atoms in total. The van der Waals surface area contributed by atoms with Crippen molar-refractivity contribution in [3.63, 3.8) is 0 Å². The number of aryl methyl sites for hydroxylation is 1. The summed E-state index contributed by atoms with van der Waals surface area (Å²) in [6.45, 7) is 1.97. The Morgan fingerprint density at radius 2 is 2.00 bits per heavy atom. The van der Waals surface area contributed by atoms with Crippen molar-refractivity contribution in [3.05, 3.63) is 40.2 Å². The molecule has 0 amide bonds. The van der Waals surface area contributed by atoms with Crippen LogP contribution in [0.1, 0.15) is 5.56 Å². The van der Waals surface area contributed by atoms with Gasteiger partial charge in [-0.2, -0.15) is 0 Å². The maximum Gasteiger partial charge on any atom is 0.264 e. The zero-order valence-corrected chi connectivity index (χ0v) is 8.63. The van der Waals surface area contributed by atoms with Crippen molar-refractivity contribution in [1.82, 2.24) is 10.2 Å². The molecule has 0 saturated carbocycles. The van der Waals surface area contributed by atoms with Crippen molar-refractivity contribution >= 4 is 0 Å². The molecule has 4 heteroatoms. The number of methoxy groups -OCH3 is 1. The van der Waals surface area contributed by atoms with Crippen LogP contribution >= 0.6 is 0 Å². The minimum Gasteiger partial charge on any atom is -0.496 e. The van der Waals surface area contributed by atoms with E-state index < -0.39 is 0 Å². The van der Waals surface area contributed by atoms with Gasteiger partial charge in [0.15, 0.2) is 0 Å². The third-order valence-corrected chi connectivity index (χ3v) is 2.30. The summed E-state index contributed by atoms with van der Waals surface area (Å²) in [4.78, 5) is 11.0. The molecule has 0 bridgehead atoms. The van der Waals surface area contributed by atoms with Crippen LogP contribution in [0.2, 0.25) is 0 Å². The standard InChI is InChI=1S/C11H12N2O2/c1-7-5-8(3-4-10(7)15-2)9-6-11(14)13-12-9/h3-6H,1-2H3,(H2,12,13,14). The summed E-state index contributed by atoms with van der Waals surface area (Å²) in [5.41, 5.74) is 2.66. The lowest BCUT2D eigenvalue weighted by Crippen LogP contribution is -1.93. The molecular formula is C11H12N2O2. The van der Waals surface area contributed by atoms with Crippen LogP contribution in [0.4, 0.5) is 0 Å². The Hall–Kier alpha value is -1.97. The van der Waals surface area contributed by atoms with Crippen LogP contribution in [0, 0.1) is 6.92 Å². The number of ether oxygens (including phenoxy) is 1. The van der Waals surface area contributed by atoms with Crippen molar-refractivity contribution < 1.29 is 4.74 Å². The monoisotopic (exact) mass is 204 g/mol. The van der Waals surface area contributed by atoms with E-state index in [0.717, 1.165) is 22.6 Å². The van der Waals surface area contributed by atoms with Crippen molar-refractivity contribution in [3.8, 4) is 17.0 Å². The lowest BCUT2D eigenvalue weighted by atomic mass is 10.1. The number of H-pyrrole nitrogens is 2. The number of benzene rings is 1. The van der Waals surface area contributed by atoms with Gasteiger partial charge in [0.25, 0.3) is 5.56 Å². The molecule has 2 N–H and O–H groups in total. The first kappa shape index (κ1) is 9.58. The van der Waals surface area contributed by atoms with Gasteiger partial charge >= 0.3 is 0 Å². The second-order valence-corrected chi connectivity index (χ2v) is 3.36. The van der Waals surface area contributed by atoms with Gasteiger partial charge < -0.3 is 4.74 Å². The Bertz CT molecular complexity index is 525. The summed E-state index contributed by atoms with van der Waals surface area (Å²) in [7, 11) is 1.64. The van der Waals surface area contributed by atoms with E-state index in [0.29, 0.717) is 0 Å². The number of aromatic amines is 2. The second-order valence-electron chi connectivity index (χ2n) is 3.36. The highest BCUT2D eigenvalue weighted by molar-refractivity contribution is 5.61. The molecule has 1 heterocycles. The van der Waals surface area contributed by atoms with Crippen LogP contribution in [0.15, 0.2) is 29.1 Å². The maximum atomic E-state index is 11.0. The SMILES string of the molecule is COc1ccc(-c2cc(=O)[nH][nH]2)cc1C. The van der Waals surface area contributed by atoms with E-state index in [9.17, 15) is 4.79 Å². The molecule has 2 rings (SSSR count). The molecule has 0 saturated heterocycles. The quantitative estimate of drug-likeness (QED) is 0.782. The minimum atomic E-state index is -0.126. The van der Waals surface area contributed by atoms with Gasteiger partial charge in [0.1, 0.15) is 5.75 Å². The topological polar surface area (TPSA) is 57.9 Å².